The van der Waals surface area contributed by atoms with Crippen LogP contribution >= 0.6 is 0 Å². The normalized spacial score (nSPS) is 25.3. The summed E-state index contributed by atoms with van der Waals surface area (Å²) in [6, 6.07) is 84.9. The summed E-state index contributed by atoms with van der Waals surface area (Å²) in [4.78, 5) is 31.4. The van der Waals surface area contributed by atoms with E-state index in [1.807, 2.05) is 243 Å². The van der Waals surface area contributed by atoms with Crippen molar-refractivity contribution in [3.8, 4) is 5.75 Å². The second-order valence-corrected chi connectivity index (χ2v) is 26.5. The Labute approximate surface area is 630 Å². The fourth-order valence-electron chi connectivity index (χ4n) is 13.4. The molecule has 9 aromatic rings. The zero-order valence-electron chi connectivity index (χ0n) is 60.2. The number of carbonyl (C=O) groups is 2. The van der Waals surface area contributed by atoms with Crippen LogP contribution in [0.15, 0.2) is 280 Å². The molecule has 2 amide bonds. The van der Waals surface area contributed by atoms with Gasteiger partial charge in [-0.25, -0.2) is 9.59 Å². The number of hydrogen-bond donors (Lipinski definition) is 2. The maximum absolute atomic E-state index is 15.8. The molecule has 4 saturated heterocycles. The largest absolute Gasteiger partial charge is 0.497 e. The Morgan fingerprint density at radius 2 is 0.713 bits per heavy atom. The quantitative estimate of drug-likeness (QED) is 0.0353. The van der Waals surface area contributed by atoms with E-state index in [1.165, 1.54) is 6.08 Å². The van der Waals surface area contributed by atoms with E-state index in [9.17, 15) is 0 Å². The van der Waals surface area contributed by atoms with Gasteiger partial charge in [0.25, 0.3) is 0 Å². The number of rotatable bonds is 35. The summed E-state index contributed by atoms with van der Waals surface area (Å²) < 4.78 is 114. The third-order valence-electron chi connectivity index (χ3n) is 18.8. The summed E-state index contributed by atoms with van der Waals surface area (Å²) in [6.07, 6.45) is -18.7. The second kappa shape index (κ2) is 40.1. The average molecular weight is 1470 g/mol. The summed E-state index contributed by atoms with van der Waals surface area (Å²) in [7, 11) is 1.57. The minimum absolute atomic E-state index is 0.0125. The number of fused-ring (bicyclic) bond motifs is 1. The third-order valence-corrected chi connectivity index (χ3v) is 18.8. The molecule has 0 aromatic heterocycles. The molecule has 1 unspecified atom stereocenters. The standard InChI is InChI=1S/C87H92N2O19/c1-3-48-95-85-81(108-87(91)89-83-80(101-56-67-42-26-11-27-43-67)77(99-54-65-38-22-9-23-39-65)74(97-52-63-34-18-7-19-35-63)71(104-83)58-94-50-61-30-14-5-15-31-61)78(75-72(105-85)59-102-84(106-75)68-44-46-69(92-2)47-45-68)107-86(90)88-82-79(100-55-66-40-24-10-25-41-66)76(98-53-64-36-20-8-21-37-64)73(96-51-62-32-16-6-17-33-62)70(103-82)57-93-49-60-28-12-4-13-29-60/h3-47,70-85H,1,48-59H2,2H3,(H,88,90)(H,89,91)/t70-,71-,72-,73-,74-,75-,76+,77+,78+,79-,80-,81-,82-,83-,84?,85+/m1/s1. The molecular weight excluding hydrogens is 1380 g/mol. The van der Waals surface area contributed by atoms with Crippen LogP contribution in [0.2, 0.25) is 0 Å². The molecule has 16 atom stereocenters. The van der Waals surface area contributed by atoms with E-state index in [0.29, 0.717) is 11.3 Å². The molecule has 4 heterocycles. The van der Waals surface area contributed by atoms with Crippen LogP contribution in [0.1, 0.15) is 56.4 Å². The molecule has 4 aliphatic rings. The van der Waals surface area contributed by atoms with Gasteiger partial charge in [-0.2, -0.15) is 0 Å². The zero-order valence-corrected chi connectivity index (χ0v) is 60.2. The lowest BCUT2D eigenvalue weighted by atomic mass is 9.96. The number of amides is 2. The number of carbonyl (C=O) groups excluding carboxylic acids is 2. The number of benzene rings is 9. The van der Waals surface area contributed by atoms with Crippen molar-refractivity contribution in [3.63, 3.8) is 0 Å². The van der Waals surface area contributed by atoms with Gasteiger partial charge in [0.2, 0.25) is 0 Å². The predicted octanol–water partition coefficient (Wildman–Crippen LogP) is 13.6. The van der Waals surface area contributed by atoms with Crippen LogP contribution in [0.5, 0.6) is 5.75 Å². The number of methoxy groups -OCH3 is 1. The van der Waals surface area contributed by atoms with Gasteiger partial charge in [-0.1, -0.05) is 261 Å². The molecule has 2 N–H and O–H groups in total. The van der Waals surface area contributed by atoms with Gasteiger partial charge in [0, 0.05) is 5.56 Å². The highest BCUT2D eigenvalue weighted by molar-refractivity contribution is 5.69. The fraction of sp³-hybridized carbons (Fsp3) is 0.333. The predicted molar refractivity (Wildman–Crippen MR) is 398 cm³/mol. The number of ether oxygens (including phenoxy) is 17. The van der Waals surface area contributed by atoms with Crippen LogP contribution in [0.25, 0.3) is 0 Å². The van der Waals surface area contributed by atoms with E-state index in [0.717, 1.165) is 44.5 Å². The van der Waals surface area contributed by atoms with Gasteiger partial charge in [0.05, 0.1) is 86.4 Å². The first kappa shape index (κ1) is 76.7. The van der Waals surface area contributed by atoms with Crippen molar-refractivity contribution in [2.75, 3.05) is 33.5 Å². The van der Waals surface area contributed by atoms with Crippen LogP contribution in [-0.2, 0) is 129 Å². The molecule has 0 bridgehead atoms. The van der Waals surface area contributed by atoms with Gasteiger partial charge in [-0.05, 0) is 56.6 Å². The fourth-order valence-corrected chi connectivity index (χ4v) is 13.4. The number of nitrogens with one attached hydrogen (secondary N) is 2. The second-order valence-electron chi connectivity index (χ2n) is 26.5. The van der Waals surface area contributed by atoms with Crippen molar-refractivity contribution in [3.05, 3.63) is 330 Å². The molecule has 0 aliphatic carbocycles. The molecule has 4 fully saturated rings. The maximum atomic E-state index is 15.8. The van der Waals surface area contributed by atoms with Crippen molar-refractivity contribution >= 4 is 12.2 Å². The monoisotopic (exact) mass is 1470 g/mol. The van der Waals surface area contributed by atoms with Crippen molar-refractivity contribution in [1.29, 1.82) is 0 Å². The zero-order chi connectivity index (χ0) is 73.9. The van der Waals surface area contributed by atoms with Gasteiger partial charge >= 0.3 is 12.2 Å². The Hall–Kier alpha value is -9.50. The Bertz CT molecular complexity index is 4090. The molecule has 0 radical (unpaired) electrons. The first-order valence-corrected chi connectivity index (χ1v) is 36.5. The van der Waals surface area contributed by atoms with E-state index in [4.69, 9.17) is 80.5 Å². The van der Waals surface area contributed by atoms with E-state index >= 15 is 9.59 Å². The van der Waals surface area contributed by atoms with Crippen molar-refractivity contribution in [1.82, 2.24) is 10.6 Å². The molecule has 13 rings (SSSR count). The van der Waals surface area contributed by atoms with Gasteiger partial charge < -0.3 is 80.5 Å². The van der Waals surface area contributed by atoms with E-state index in [-0.39, 0.29) is 79.3 Å². The molecule has 0 spiro atoms. The Kier molecular flexibility index (Phi) is 28.5. The van der Waals surface area contributed by atoms with Crippen LogP contribution in [-0.4, -0.2) is 138 Å². The van der Waals surface area contributed by atoms with Crippen molar-refractivity contribution in [2.45, 2.75) is 151 Å². The first-order valence-electron chi connectivity index (χ1n) is 36.5. The number of hydrogen-bond acceptors (Lipinski definition) is 19. The minimum atomic E-state index is -1.62. The highest BCUT2D eigenvalue weighted by atomic mass is 16.8. The van der Waals surface area contributed by atoms with Gasteiger partial charge in [0.1, 0.15) is 66.8 Å². The maximum Gasteiger partial charge on any atom is 0.409 e. The lowest BCUT2D eigenvalue weighted by Crippen LogP contribution is -2.68. The van der Waals surface area contributed by atoms with Gasteiger partial charge in [-0.3, -0.25) is 10.6 Å². The topological polar surface area (TPSA) is 215 Å². The molecule has 108 heavy (non-hydrogen) atoms. The highest BCUT2D eigenvalue weighted by Crippen LogP contribution is 2.39. The Balaban J connectivity index is 0.848. The lowest BCUT2D eigenvalue weighted by Gasteiger charge is -2.49. The van der Waals surface area contributed by atoms with Crippen LogP contribution in [0, 0.1) is 0 Å². The average Bonchev–Trinajstić information content (AvgIpc) is 0.773. The summed E-state index contributed by atoms with van der Waals surface area (Å²) >= 11 is 0. The highest BCUT2D eigenvalue weighted by Gasteiger charge is 2.57. The summed E-state index contributed by atoms with van der Waals surface area (Å²) in [6.45, 7) is 4.91. The van der Waals surface area contributed by atoms with Crippen molar-refractivity contribution in [2.24, 2.45) is 0 Å². The van der Waals surface area contributed by atoms with E-state index in [2.05, 4.69) is 17.2 Å². The van der Waals surface area contributed by atoms with Gasteiger partial charge in [0.15, 0.2) is 37.2 Å². The third kappa shape index (κ3) is 21.7. The molecule has 4 aliphatic heterocycles. The lowest BCUT2D eigenvalue weighted by molar-refractivity contribution is -0.358. The molecular formula is C87H92N2O19. The van der Waals surface area contributed by atoms with Crippen LogP contribution in [0.3, 0.4) is 0 Å². The van der Waals surface area contributed by atoms with Crippen molar-refractivity contribution < 1.29 is 90.1 Å². The SMILES string of the molecule is C=CCO[C@H]1O[C@@H]2COC(c3ccc(OC)cc3)O[C@H]2[C@H](OC(=O)N[C@@H]2O[C@H](COCc3ccccc3)[C@@H](OCc3ccccc3)[C@H](OCc3ccccc3)[C@H]2OCc2ccccc2)[C@H]1OC(=O)N[C@@H]1O[C@H](COCc2ccccc2)[C@@H](OCc2ccccc2)[C@H](OCc2ccccc2)[C@H]1OCc1ccccc1. The van der Waals surface area contributed by atoms with Crippen LogP contribution in [0.4, 0.5) is 9.59 Å². The van der Waals surface area contributed by atoms with Gasteiger partial charge in [-0.15, -0.1) is 6.58 Å². The molecule has 21 nitrogen and oxygen atoms in total. The summed E-state index contributed by atoms with van der Waals surface area (Å²) in [5.74, 6) is 0.598. The molecule has 9 aromatic carbocycles. The Morgan fingerprint density at radius 1 is 0.380 bits per heavy atom. The molecule has 564 valence electrons. The number of alkyl carbamates (subject to hydrolysis) is 2. The smallest absolute Gasteiger partial charge is 0.409 e. The minimum Gasteiger partial charge on any atom is -0.497 e. The first-order chi connectivity index (χ1) is 53.3. The summed E-state index contributed by atoms with van der Waals surface area (Å²) in [5.41, 5.74) is 7.69. The van der Waals surface area contributed by atoms with E-state index in [1.54, 1.807) is 31.4 Å². The molecule has 21 heteroatoms. The van der Waals surface area contributed by atoms with Crippen LogP contribution < -0.4 is 15.4 Å². The summed E-state index contributed by atoms with van der Waals surface area (Å²) in [5, 5.41) is 6.08. The van der Waals surface area contributed by atoms with E-state index < -0.39 is 110 Å². The molecule has 0 saturated carbocycles. The Morgan fingerprint density at radius 3 is 1.06 bits per heavy atom.